The van der Waals surface area contributed by atoms with Crippen LogP contribution in [0.3, 0.4) is 0 Å². The molecule has 1 aliphatic carbocycles. The lowest BCUT2D eigenvalue weighted by molar-refractivity contribution is 0.205. The van der Waals surface area contributed by atoms with Crippen LogP contribution >= 0.6 is 11.8 Å². The molecule has 0 spiro atoms. The summed E-state index contributed by atoms with van der Waals surface area (Å²) in [7, 11) is 0. The lowest BCUT2D eigenvalue weighted by Crippen LogP contribution is -2.47. The first-order valence-corrected chi connectivity index (χ1v) is 7.97. The van der Waals surface area contributed by atoms with Crippen LogP contribution in [0, 0.1) is 11.8 Å². The second kappa shape index (κ2) is 5.30. The minimum Gasteiger partial charge on any atom is -0.312 e. The summed E-state index contributed by atoms with van der Waals surface area (Å²) >= 11 is 2.17. The van der Waals surface area contributed by atoms with Gasteiger partial charge in [-0.3, -0.25) is 0 Å². The van der Waals surface area contributed by atoms with Gasteiger partial charge in [0.15, 0.2) is 0 Å². The molecule has 2 rings (SSSR count). The highest BCUT2D eigenvalue weighted by atomic mass is 32.2. The van der Waals surface area contributed by atoms with E-state index in [0.29, 0.717) is 4.75 Å². The molecule has 0 radical (unpaired) electrons. The Morgan fingerprint density at radius 3 is 2.44 bits per heavy atom. The highest BCUT2D eigenvalue weighted by Crippen LogP contribution is 2.38. The summed E-state index contributed by atoms with van der Waals surface area (Å²) in [6.45, 7) is 8.52. The molecular weight excluding hydrogens is 214 g/mol. The first kappa shape index (κ1) is 12.8. The van der Waals surface area contributed by atoms with Gasteiger partial charge in [-0.15, -0.1) is 0 Å². The van der Waals surface area contributed by atoms with E-state index in [-0.39, 0.29) is 0 Å². The van der Waals surface area contributed by atoms with Crippen LogP contribution in [0.2, 0.25) is 0 Å². The highest BCUT2D eigenvalue weighted by Gasteiger charge is 2.33. The van der Waals surface area contributed by atoms with Crippen molar-refractivity contribution in [2.75, 3.05) is 12.3 Å². The third-order valence-corrected chi connectivity index (χ3v) is 6.10. The normalized spacial score (nSPS) is 44.8. The molecule has 1 heterocycles. The molecule has 1 saturated carbocycles. The fourth-order valence-electron chi connectivity index (χ4n) is 3.39. The zero-order valence-electron chi connectivity index (χ0n) is 11.1. The van der Waals surface area contributed by atoms with E-state index in [0.717, 1.165) is 17.9 Å². The molecule has 0 aromatic heterocycles. The summed E-state index contributed by atoms with van der Waals surface area (Å²) in [6.07, 6.45) is 7.10. The van der Waals surface area contributed by atoms with E-state index >= 15 is 0 Å². The molecule has 1 saturated heterocycles. The van der Waals surface area contributed by atoms with E-state index in [2.05, 4.69) is 37.8 Å². The Morgan fingerprint density at radius 2 is 1.88 bits per heavy atom. The van der Waals surface area contributed by atoms with Crippen molar-refractivity contribution in [2.24, 2.45) is 11.8 Å². The van der Waals surface area contributed by atoms with Crippen LogP contribution in [-0.2, 0) is 0 Å². The zero-order valence-corrected chi connectivity index (χ0v) is 11.9. The Balaban J connectivity index is 1.83. The van der Waals surface area contributed by atoms with E-state index in [1.54, 1.807) is 0 Å². The summed E-state index contributed by atoms with van der Waals surface area (Å²) in [6, 6.07) is 0.770. The Labute approximate surface area is 105 Å². The average molecular weight is 241 g/mol. The van der Waals surface area contributed by atoms with Crippen LogP contribution in [0.4, 0.5) is 0 Å². The molecule has 2 aliphatic rings. The third-order valence-electron chi connectivity index (χ3n) is 4.56. The summed E-state index contributed by atoms with van der Waals surface area (Å²) in [5.74, 6) is 3.12. The summed E-state index contributed by atoms with van der Waals surface area (Å²) in [4.78, 5) is 0. The standard InChI is InChI=1S/C14H27NS/c1-11-6-4-7-12(2)13(11)15-10-14(3)8-5-9-16-14/h11-13,15H,4-10H2,1-3H3. The number of rotatable bonds is 3. The largest absolute Gasteiger partial charge is 0.312 e. The maximum absolute atomic E-state index is 3.88. The lowest BCUT2D eigenvalue weighted by Gasteiger charge is -2.37. The second-order valence-electron chi connectivity index (χ2n) is 6.19. The Morgan fingerprint density at radius 1 is 1.19 bits per heavy atom. The predicted molar refractivity (Wildman–Crippen MR) is 74.1 cm³/mol. The Hall–Kier alpha value is 0.310. The molecule has 0 aromatic carbocycles. The smallest absolute Gasteiger partial charge is 0.0256 e. The van der Waals surface area contributed by atoms with Crippen LogP contribution in [0.15, 0.2) is 0 Å². The van der Waals surface area contributed by atoms with Crippen LogP contribution in [-0.4, -0.2) is 23.1 Å². The van der Waals surface area contributed by atoms with E-state index < -0.39 is 0 Å². The van der Waals surface area contributed by atoms with E-state index in [1.807, 2.05) is 0 Å². The monoisotopic (exact) mass is 241 g/mol. The number of hydrogen-bond acceptors (Lipinski definition) is 2. The number of nitrogens with one attached hydrogen (secondary N) is 1. The molecule has 0 bridgehead atoms. The van der Waals surface area contributed by atoms with Crippen molar-refractivity contribution in [1.29, 1.82) is 0 Å². The SMILES string of the molecule is CC1CCCC(C)C1NCC1(C)CCCS1. The average Bonchev–Trinajstić information content (AvgIpc) is 2.65. The molecule has 1 N–H and O–H groups in total. The van der Waals surface area contributed by atoms with Gasteiger partial charge in [0.1, 0.15) is 0 Å². The van der Waals surface area contributed by atoms with E-state index in [1.165, 1.54) is 44.4 Å². The van der Waals surface area contributed by atoms with Crippen molar-refractivity contribution in [2.45, 2.75) is 63.7 Å². The fraction of sp³-hybridized carbons (Fsp3) is 1.00. The highest BCUT2D eigenvalue weighted by molar-refractivity contribution is 8.00. The number of thioether (sulfide) groups is 1. The van der Waals surface area contributed by atoms with Gasteiger partial charge in [0.2, 0.25) is 0 Å². The van der Waals surface area contributed by atoms with Crippen molar-refractivity contribution < 1.29 is 0 Å². The quantitative estimate of drug-likeness (QED) is 0.809. The molecule has 0 aromatic rings. The van der Waals surface area contributed by atoms with Crippen LogP contribution in [0.5, 0.6) is 0 Å². The predicted octanol–water partition coefficient (Wildman–Crippen LogP) is 3.69. The molecule has 0 amide bonds. The Bertz CT molecular complexity index is 213. The van der Waals surface area contributed by atoms with Crippen LogP contribution in [0.25, 0.3) is 0 Å². The van der Waals surface area contributed by atoms with Crippen molar-refractivity contribution >= 4 is 11.8 Å². The molecule has 2 heteroatoms. The maximum atomic E-state index is 3.88. The molecule has 16 heavy (non-hydrogen) atoms. The van der Waals surface area contributed by atoms with Gasteiger partial charge in [-0.25, -0.2) is 0 Å². The molecule has 3 unspecified atom stereocenters. The van der Waals surface area contributed by atoms with Gasteiger partial charge in [-0.05, 0) is 50.2 Å². The van der Waals surface area contributed by atoms with Gasteiger partial charge in [-0.1, -0.05) is 20.3 Å². The molecule has 1 nitrogen and oxygen atoms in total. The summed E-state index contributed by atoms with van der Waals surface area (Å²) in [5, 5.41) is 3.88. The third kappa shape index (κ3) is 2.95. The van der Waals surface area contributed by atoms with Gasteiger partial charge in [0, 0.05) is 17.3 Å². The fourth-order valence-corrected chi connectivity index (χ4v) is 4.65. The molecule has 1 aliphatic heterocycles. The minimum absolute atomic E-state index is 0.525. The van der Waals surface area contributed by atoms with Crippen LogP contribution < -0.4 is 5.32 Å². The number of hydrogen-bond donors (Lipinski definition) is 1. The first-order valence-electron chi connectivity index (χ1n) is 6.98. The first-order chi connectivity index (χ1) is 7.61. The zero-order chi connectivity index (χ0) is 11.6. The maximum Gasteiger partial charge on any atom is 0.0256 e. The topological polar surface area (TPSA) is 12.0 Å². The van der Waals surface area contributed by atoms with Gasteiger partial charge < -0.3 is 5.32 Å². The molecule has 3 atom stereocenters. The van der Waals surface area contributed by atoms with Crippen molar-refractivity contribution in [3.8, 4) is 0 Å². The molecular formula is C14H27NS. The van der Waals surface area contributed by atoms with Crippen molar-refractivity contribution in [1.82, 2.24) is 5.32 Å². The lowest BCUT2D eigenvalue weighted by atomic mass is 9.78. The summed E-state index contributed by atoms with van der Waals surface area (Å²) in [5.41, 5.74) is 0. The summed E-state index contributed by atoms with van der Waals surface area (Å²) < 4.78 is 0.525. The van der Waals surface area contributed by atoms with Gasteiger partial charge in [0.05, 0.1) is 0 Å². The van der Waals surface area contributed by atoms with Gasteiger partial charge in [-0.2, -0.15) is 11.8 Å². The Kier molecular flexibility index (Phi) is 4.23. The van der Waals surface area contributed by atoms with E-state index in [9.17, 15) is 0 Å². The molecule has 94 valence electrons. The van der Waals surface area contributed by atoms with Gasteiger partial charge in [0.25, 0.3) is 0 Å². The van der Waals surface area contributed by atoms with E-state index in [4.69, 9.17) is 0 Å². The second-order valence-corrected chi connectivity index (χ2v) is 7.88. The van der Waals surface area contributed by atoms with Crippen molar-refractivity contribution in [3.05, 3.63) is 0 Å². The minimum atomic E-state index is 0.525. The van der Waals surface area contributed by atoms with Crippen molar-refractivity contribution in [3.63, 3.8) is 0 Å². The van der Waals surface area contributed by atoms with Crippen LogP contribution in [0.1, 0.15) is 52.9 Å². The van der Waals surface area contributed by atoms with Gasteiger partial charge >= 0.3 is 0 Å². The molecule has 2 fully saturated rings.